The van der Waals surface area contributed by atoms with E-state index in [1.807, 2.05) is 18.2 Å². The van der Waals surface area contributed by atoms with Gasteiger partial charge in [-0.15, -0.1) is 12.4 Å². The minimum absolute atomic E-state index is 0. The van der Waals surface area contributed by atoms with Crippen LogP contribution in [0, 0.1) is 0 Å². The molecule has 1 unspecified atom stereocenters. The first kappa shape index (κ1) is 12.0. The molecule has 1 aromatic carbocycles. The molecular formula is C11H14ClNO2. The summed E-state index contributed by atoms with van der Waals surface area (Å²) < 4.78 is 5.30. The molecule has 1 aliphatic heterocycles. The molecule has 0 bridgehead atoms. The van der Waals surface area contributed by atoms with Crippen LogP contribution >= 0.6 is 12.4 Å². The van der Waals surface area contributed by atoms with Gasteiger partial charge in [0.25, 0.3) is 0 Å². The second-order valence-corrected chi connectivity index (χ2v) is 3.39. The molecule has 82 valence electrons. The lowest BCUT2D eigenvalue weighted by Gasteiger charge is -2.10. The largest absolute Gasteiger partial charge is 0.457 e. The fourth-order valence-corrected chi connectivity index (χ4v) is 1.52. The number of ether oxygens (including phenoxy) is 1. The van der Waals surface area contributed by atoms with Crippen molar-refractivity contribution in [1.29, 1.82) is 0 Å². The van der Waals surface area contributed by atoms with E-state index in [0.717, 1.165) is 19.5 Å². The minimum Gasteiger partial charge on any atom is -0.457 e. The summed E-state index contributed by atoms with van der Waals surface area (Å²) >= 11 is 0. The number of esters is 1. The van der Waals surface area contributed by atoms with E-state index >= 15 is 0 Å². The Morgan fingerprint density at radius 2 is 2.07 bits per heavy atom. The number of benzene rings is 1. The van der Waals surface area contributed by atoms with Gasteiger partial charge in [-0.05, 0) is 25.1 Å². The van der Waals surface area contributed by atoms with Gasteiger partial charge < -0.3 is 10.1 Å². The third kappa shape index (κ3) is 3.22. The molecule has 1 saturated heterocycles. The van der Waals surface area contributed by atoms with E-state index < -0.39 is 0 Å². The van der Waals surface area contributed by atoms with Crippen molar-refractivity contribution >= 4 is 18.4 Å². The fourth-order valence-electron chi connectivity index (χ4n) is 1.52. The molecule has 0 amide bonds. The zero-order chi connectivity index (χ0) is 9.80. The quantitative estimate of drug-likeness (QED) is 0.781. The molecule has 1 fully saturated rings. The van der Waals surface area contributed by atoms with Crippen molar-refractivity contribution in [2.75, 3.05) is 13.1 Å². The first-order chi connectivity index (χ1) is 6.86. The summed E-state index contributed by atoms with van der Waals surface area (Å²) in [5, 5.41) is 3.15. The maximum absolute atomic E-state index is 11.6. The topological polar surface area (TPSA) is 38.3 Å². The van der Waals surface area contributed by atoms with Crippen molar-refractivity contribution in [2.45, 2.75) is 12.5 Å². The van der Waals surface area contributed by atoms with Gasteiger partial charge in [-0.3, -0.25) is 0 Å². The summed E-state index contributed by atoms with van der Waals surface area (Å²) in [5.41, 5.74) is 0.624. The Hall–Kier alpha value is -1.06. The van der Waals surface area contributed by atoms with Gasteiger partial charge in [-0.25, -0.2) is 4.79 Å². The van der Waals surface area contributed by atoms with E-state index in [-0.39, 0.29) is 24.5 Å². The summed E-state index contributed by atoms with van der Waals surface area (Å²) in [4.78, 5) is 11.6. The molecule has 0 saturated carbocycles. The second-order valence-electron chi connectivity index (χ2n) is 3.39. The maximum Gasteiger partial charge on any atom is 0.338 e. The van der Waals surface area contributed by atoms with Gasteiger partial charge in [0.15, 0.2) is 0 Å². The smallest absolute Gasteiger partial charge is 0.338 e. The normalized spacial score (nSPS) is 19.3. The second kappa shape index (κ2) is 5.73. The molecule has 0 aliphatic carbocycles. The van der Waals surface area contributed by atoms with E-state index in [0.29, 0.717) is 5.56 Å². The molecule has 1 aromatic rings. The van der Waals surface area contributed by atoms with Crippen LogP contribution in [0.3, 0.4) is 0 Å². The Balaban J connectivity index is 0.00000112. The van der Waals surface area contributed by atoms with Crippen LogP contribution in [0.1, 0.15) is 16.8 Å². The lowest BCUT2D eigenvalue weighted by atomic mass is 10.2. The average molecular weight is 228 g/mol. The van der Waals surface area contributed by atoms with E-state index in [4.69, 9.17) is 4.74 Å². The molecule has 4 heteroatoms. The van der Waals surface area contributed by atoms with Gasteiger partial charge in [0.05, 0.1) is 5.56 Å². The lowest BCUT2D eigenvalue weighted by molar-refractivity contribution is 0.0344. The first-order valence-corrected chi connectivity index (χ1v) is 4.83. The Kier molecular flexibility index (Phi) is 4.59. The molecule has 2 rings (SSSR count). The highest BCUT2D eigenvalue weighted by Crippen LogP contribution is 2.08. The first-order valence-electron chi connectivity index (χ1n) is 4.83. The van der Waals surface area contributed by atoms with Gasteiger partial charge in [0.2, 0.25) is 0 Å². The Bertz CT molecular complexity index is 310. The number of hydrogen-bond donors (Lipinski definition) is 1. The summed E-state index contributed by atoms with van der Waals surface area (Å²) in [6.07, 6.45) is 0.959. The Labute approximate surface area is 95.2 Å². The predicted octanol–water partition coefficient (Wildman–Crippen LogP) is 1.63. The molecule has 0 aromatic heterocycles. The summed E-state index contributed by atoms with van der Waals surface area (Å²) in [6.45, 7) is 1.71. The average Bonchev–Trinajstić information content (AvgIpc) is 2.72. The number of carbonyl (C=O) groups excluding carboxylic acids is 1. The SMILES string of the molecule is Cl.O=C(OC1CCNC1)c1ccccc1. The van der Waals surface area contributed by atoms with Crippen LogP contribution in [0.4, 0.5) is 0 Å². The van der Waals surface area contributed by atoms with E-state index in [2.05, 4.69) is 5.32 Å². The molecule has 0 radical (unpaired) electrons. The van der Waals surface area contributed by atoms with E-state index in [1.54, 1.807) is 12.1 Å². The van der Waals surface area contributed by atoms with E-state index in [1.165, 1.54) is 0 Å². The zero-order valence-electron chi connectivity index (χ0n) is 8.31. The predicted molar refractivity (Wildman–Crippen MR) is 60.4 cm³/mol. The van der Waals surface area contributed by atoms with Gasteiger partial charge >= 0.3 is 5.97 Å². The molecule has 3 nitrogen and oxygen atoms in total. The van der Waals surface area contributed by atoms with Gasteiger partial charge in [-0.2, -0.15) is 0 Å². The number of nitrogens with one attached hydrogen (secondary N) is 1. The van der Waals surface area contributed by atoms with Crippen molar-refractivity contribution in [3.05, 3.63) is 35.9 Å². The highest BCUT2D eigenvalue weighted by Gasteiger charge is 2.19. The number of hydrogen-bond acceptors (Lipinski definition) is 3. The van der Waals surface area contributed by atoms with Gasteiger partial charge in [0, 0.05) is 6.54 Å². The monoisotopic (exact) mass is 227 g/mol. The van der Waals surface area contributed by atoms with Crippen molar-refractivity contribution in [3.8, 4) is 0 Å². The number of halogens is 1. The van der Waals surface area contributed by atoms with Crippen LogP contribution < -0.4 is 5.32 Å². The summed E-state index contributed by atoms with van der Waals surface area (Å²) in [7, 11) is 0. The van der Waals surface area contributed by atoms with Crippen LogP contribution in [0.25, 0.3) is 0 Å². The molecule has 1 N–H and O–H groups in total. The van der Waals surface area contributed by atoms with Gasteiger partial charge in [-0.1, -0.05) is 18.2 Å². The Morgan fingerprint density at radius 3 is 2.67 bits per heavy atom. The molecule has 1 atom stereocenters. The standard InChI is InChI=1S/C11H13NO2.ClH/c13-11(9-4-2-1-3-5-9)14-10-6-7-12-8-10;/h1-5,10,12H,6-8H2;1H. The van der Waals surface area contributed by atoms with Crippen LogP contribution in [0.2, 0.25) is 0 Å². The molecular weight excluding hydrogens is 214 g/mol. The van der Waals surface area contributed by atoms with Crippen LogP contribution in [0.15, 0.2) is 30.3 Å². The summed E-state index contributed by atoms with van der Waals surface area (Å²) in [5.74, 6) is -0.223. The Morgan fingerprint density at radius 1 is 1.33 bits per heavy atom. The maximum atomic E-state index is 11.6. The third-order valence-corrected chi connectivity index (χ3v) is 2.30. The van der Waals surface area contributed by atoms with Crippen LogP contribution in [-0.4, -0.2) is 25.2 Å². The van der Waals surface area contributed by atoms with Crippen LogP contribution in [-0.2, 0) is 4.74 Å². The van der Waals surface area contributed by atoms with Crippen molar-refractivity contribution in [3.63, 3.8) is 0 Å². The summed E-state index contributed by atoms with van der Waals surface area (Å²) in [6, 6.07) is 9.09. The van der Waals surface area contributed by atoms with Crippen molar-refractivity contribution in [1.82, 2.24) is 5.32 Å². The third-order valence-electron chi connectivity index (χ3n) is 2.30. The molecule has 0 spiro atoms. The lowest BCUT2D eigenvalue weighted by Crippen LogP contribution is -2.20. The van der Waals surface area contributed by atoms with Crippen molar-refractivity contribution < 1.29 is 9.53 Å². The van der Waals surface area contributed by atoms with Crippen LogP contribution in [0.5, 0.6) is 0 Å². The highest BCUT2D eigenvalue weighted by atomic mass is 35.5. The zero-order valence-corrected chi connectivity index (χ0v) is 9.13. The minimum atomic E-state index is -0.223. The van der Waals surface area contributed by atoms with Crippen molar-refractivity contribution in [2.24, 2.45) is 0 Å². The number of rotatable bonds is 2. The van der Waals surface area contributed by atoms with E-state index in [9.17, 15) is 4.79 Å². The van der Waals surface area contributed by atoms with Gasteiger partial charge in [0.1, 0.15) is 6.10 Å². The molecule has 1 aliphatic rings. The molecule has 15 heavy (non-hydrogen) atoms. The molecule has 1 heterocycles. The fraction of sp³-hybridized carbons (Fsp3) is 0.364. The number of carbonyl (C=O) groups is 1. The highest BCUT2D eigenvalue weighted by molar-refractivity contribution is 5.89.